The Bertz CT molecular complexity index is 824. The minimum atomic E-state index is -1.58. The van der Waals surface area contributed by atoms with Crippen molar-refractivity contribution in [2.75, 3.05) is 19.8 Å². The molecule has 0 radical (unpaired) electrons. The molecule has 0 aliphatic carbocycles. The largest absolute Gasteiger partial charge is 0.413 e. The van der Waals surface area contributed by atoms with Gasteiger partial charge in [0.1, 0.15) is 11.6 Å². The van der Waals surface area contributed by atoms with Crippen LogP contribution in [0, 0.1) is 11.6 Å². The van der Waals surface area contributed by atoms with Crippen LogP contribution in [0.2, 0.25) is 0 Å². The second-order valence-corrected chi connectivity index (χ2v) is 8.56. The number of ether oxygens (including phenoxy) is 4. The molecule has 0 saturated carbocycles. The molecule has 0 aliphatic rings. The van der Waals surface area contributed by atoms with E-state index in [2.05, 4.69) is 6.92 Å². The summed E-state index contributed by atoms with van der Waals surface area (Å²) in [6.45, 7) is 8.93. The van der Waals surface area contributed by atoms with Gasteiger partial charge in [-0.2, -0.15) is 0 Å². The van der Waals surface area contributed by atoms with E-state index in [1.807, 2.05) is 45.0 Å². The van der Waals surface area contributed by atoms with E-state index in [9.17, 15) is 8.78 Å². The molecule has 0 bridgehead atoms. The summed E-state index contributed by atoms with van der Waals surface area (Å²) in [5, 5.41) is 0. The molecule has 4 nitrogen and oxygen atoms in total. The fourth-order valence-corrected chi connectivity index (χ4v) is 4.11. The van der Waals surface area contributed by atoms with Gasteiger partial charge in [0.15, 0.2) is 0 Å². The maximum Gasteiger partial charge on any atom is 0.413 e. The highest BCUT2D eigenvalue weighted by Crippen LogP contribution is 2.33. The van der Waals surface area contributed by atoms with Gasteiger partial charge in [0.2, 0.25) is 0 Å². The molecule has 0 aromatic heterocycles. The van der Waals surface area contributed by atoms with E-state index in [1.165, 1.54) is 44.2 Å². The van der Waals surface area contributed by atoms with Crippen LogP contribution in [0.4, 0.5) is 8.78 Å². The maximum atomic E-state index is 14.3. The zero-order chi connectivity index (χ0) is 25.5. The van der Waals surface area contributed by atoms with Gasteiger partial charge in [-0.05, 0) is 50.5 Å². The first-order valence-electron chi connectivity index (χ1n) is 13.1. The highest BCUT2D eigenvalue weighted by molar-refractivity contribution is 5.64. The van der Waals surface area contributed by atoms with Gasteiger partial charge in [0, 0.05) is 11.6 Å². The van der Waals surface area contributed by atoms with Crippen LogP contribution in [0.3, 0.4) is 0 Å². The third kappa shape index (κ3) is 9.60. The smallest absolute Gasteiger partial charge is 0.304 e. The number of hydrogen-bond donors (Lipinski definition) is 0. The first-order valence-corrected chi connectivity index (χ1v) is 13.1. The second-order valence-electron chi connectivity index (χ2n) is 8.56. The SMILES string of the molecule is CCCCCCCCCC(OC(OCC)(OCC)OCC)c1ccc(-c2ccc(F)cc2F)cc1. The van der Waals surface area contributed by atoms with E-state index < -0.39 is 17.8 Å². The zero-order valence-corrected chi connectivity index (χ0v) is 21.8. The van der Waals surface area contributed by atoms with E-state index in [1.54, 1.807) is 0 Å². The van der Waals surface area contributed by atoms with Gasteiger partial charge in [-0.25, -0.2) is 8.78 Å². The lowest BCUT2D eigenvalue weighted by Gasteiger charge is -2.34. The molecule has 6 heteroatoms. The summed E-state index contributed by atoms with van der Waals surface area (Å²) in [5.74, 6) is -1.18. The molecule has 196 valence electrons. The Kier molecular flexibility index (Phi) is 13.4. The van der Waals surface area contributed by atoms with Crippen molar-refractivity contribution >= 4 is 0 Å². The molecule has 0 amide bonds. The molecule has 0 aliphatic heterocycles. The quantitative estimate of drug-likeness (QED) is 0.154. The number of halogens is 2. The van der Waals surface area contributed by atoms with Crippen molar-refractivity contribution < 1.29 is 27.7 Å². The zero-order valence-electron chi connectivity index (χ0n) is 21.8. The third-order valence-corrected chi connectivity index (χ3v) is 5.84. The van der Waals surface area contributed by atoms with Gasteiger partial charge < -0.3 is 14.2 Å². The molecule has 0 fully saturated rings. The highest BCUT2D eigenvalue weighted by Gasteiger charge is 2.38. The minimum absolute atomic E-state index is 0.331. The highest BCUT2D eigenvalue weighted by atomic mass is 19.1. The fraction of sp³-hybridized carbons (Fsp3) is 0.586. The molecular formula is C29H42F2O4. The monoisotopic (exact) mass is 492 g/mol. The normalized spacial score (nSPS) is 12.7. The molecule has 1 unspecified atom stereocenters. The Hall–Kier alpha value is -1.86. The Balaban J connectivity index is 2.21. The average molecular weight is 493 g/mol. The summed E-state index contributed by atoms with van der Waals surface area (Å²) >= 11 is 0. The number of benzene rings is 2. The summed E-state index contributed by atoms with van der Waals surface area (Å²) in [4.78, 5) is 0. The Morgan fingerprint density at radius 1 is 0.714 bits per heavy atom. The summed E-state index contributed by atoms with van der Waals surface area (Å²) in [7, 11) is 0. The molecule has 1 atom stereocenters. The second kappa shape index (κ2) is 16.0. The van der Waals surface area contributed by atoms with Crippen LogP contribution in [0.15, 0.2) is 42.5 Å². The Labute approximate surface area is 209 Å². The lowest BCUT2D eigenvalue weighted by atomic mass is 9.98. The van der Waals surface area contributed by atoms with Crippen LogP contribution in [-0.4, -0.2) is 26.0 Å². The van der Waals surface area contributed by atoms with Crippen molar-refractivity contribution in [3.05, 3.63) is 59.7 Å². The molecule has 0 saturated heterocycles. The number of unbranched alkanes of at least 4 members (excludes halogenated alkanes) is 6. The maximum absolute atomic E-state index is 14.3. The van der Waals surface area contributed by atoms with Crippen LogP contribution in [-0.2, 0) is 18.9 Å². The lowest BCUT2D eigenvalue weighted by Crippen LogP contribution is -2.43. The summed E-state index contributed by atoms with van der Waals surface area (Å²) in [6.07, 6.45) is 7.22. The summed E-state index contributed by atoms with van der Waals surface area (Å²) in [5.41, 5.74) is 1.95. The molecular weight excluding hydrogens is 450 g/mol. The minimum Gasteiger partial charge on any atom is -0.304 e. The first-order chi connectivity index (χ1) is 17.0. The van der Waals surface area contributed by atoms with Crippen molar-refractivity contribution in [2.24, 2.45) is 0 Å². The molecule has 2 rings (SSSR count). The van der Waals surface area contributed by atoms with E-state index in [0.717, 1.165) is 30.9 Å². The Morgan fingerprint density at radius 2 is 1.29 bits per heavy atom. The topological polar surface area (TPSA) is 36.9 Å². The third-order valence-electron chi connectivity index (χ3n) is 5.84. The van der Waals surface area contributed by atoms with Crippen molar-refractivity contribution in [3.8, 4) is 11.1 Å². The van der Waals surface area contributed by atoms with Gasteiger partial charge in [0.05, 0.1) is 25.9 Å². The predicted molar refractivity (Wildman–Crippen MR) is 136 cm³/mol. The molecule has 2 aromatic rings. The van der Waals surface area contributed by atoms with Gasteiger partial charge in [-0.15, -0.1) is 0 Å². The van der Waals surface area contributed by atoms with Crippen LogP contribution < -0.4 is 0 Å². The number of rotatable bonds is 18. The van der Waals surface area contributed by atoms with Gasteiger partial charge in [0.25, 0.3) is 0 Å². The van der Waals surface area contributed by atoms with Crippen molar-refractivity contribution in [1.82, 2.24) is 0 Å². The van der Waals surface area contributed by atoms with Crippen molar-refractivity contribution in [2.45, 2.75) is 91.3 Å². The molecule has 0 spiro atoms. The van der Waals surface area contributed by atoms with E-state index in [-0.39, 0.29) is 6.10 Å². The molecule has 2 aromatic carbocycles. The summed E-state index contributed by atoms with van der Waals surface area (Å²) in [6, 6.07) is 11.1. The van der Waals surface area contributed by atoms with E-state index >= 15 is 0 Å². The lowest BCUT2D eigenvalue weighted by molar-refractivity contribution is -0.507. The van der Waals surface area contributed by atoms with Crippen LogP contribution >= 0.6 is 0 Å². The van der Waals surface area contributed by atoms with Crippen molar-refractivity contribution in [1.29, 1.82) is 0 Å². The Morgan fingerprint density at radius 3 is 1.83 bits per heavy atom. The molecule has 0 N–H and O–H groups in total. The summed E-state index contributed by atoms with van der Waals surface area (Å²) < 4.78 is 51.4. The van der Waals surface area contributed by atoms with E-state index in [0.29, 0.717) is 30.9 Å². The van der Waals surface area contributed by atoms with Gasteiger partial charge in [-0.3, -0.25) is 4.74 Å². The predicted octanol–water partition coefficient (Wildman–Crippen LogP) is 8.55. The van der Waals surface area contributed by atoms with Crippen LogP contribution in [0.5, 0.6) is 0 Å². The fourth-order valence-electron chi connectivity index (χ4n) is 4.11. The average Bonchev–Trinajstić information content (AvgIpc) is 2.83. The first kappa shape index (κ1) is 29.4. The van der Waals surface area contributed by atoms with Crippen LogP contribution in [0.25, 0.3) is 11.1 Å². The van der Waals surface area contributed by atoms with Gasteiger partial charge in [-0.1, -0.05) is 76.1 Å². The van der Waals surface area contributed by atoms with E-state index in [4.69, 9.17) is 18.9 Å². The number of hydrogen-bond acceptors (Lipinski definition) is 4. The van der Waals surface area contributed by atoms with Crippen molar-refractivity contribution in [3.63, 3.8) is 0 Å². The molecule has 0 heterocycles. The standard InChI is InChI=1S/C29H42F2O4/c1-5-9-10-11-12-13-14-15-28(35-29(32-6-2,33-7-3)34-8-4)24-18-16-23(17-19-24)26-21-20-25(30)22-27(26)31/h16-22,28H,5-15H2,1-4H3. The molecule has 35 heavy (non-hydrogen) atoms. The van der Waals surface area contributed by atoms with Crippen LogP contribution in [0.1, 0.15) is 90.7 Å². The van der Waals surface area contributed by atoms with Gasteiger partial charge >= 0.3 is 6.16 Å².